The van der Waals surface area contributed by atoms with Crippen molar-refractivity contribution < 1.29 is 0 Å². The average Bonchev–Trinajstić information content (AvgIpc) is 2.57. The second-order valence-electron chi connectivity index (χ2n) is 5.90. The SMILES string of the molecule is CC(C)C1CNCCN1C1CCCCCC1. The molecule has 2 nitrogen and oxygen atoms in total. The highest BCUT2D eigenvalue weighted by Crippen LogP contribution is 2.26. The van der Waals surface area contributed by atoms with Gasteiger partial charge in [-0.3, -0.25) is 4.90 Å². The van der Waals surface area contributed by atoms with Gasteiger partial charge in [0.2, 0.25) is 0 Å². The first-order chi connectivity index (χ1) is 7.79. The molecule has 1 aliphatic carbocycles. The summed E-state index contributed by atoms with van der Waals surface area (Å²) in [6.07, 6.45) is 8.75. The Labute approximate surface area is 101 Å². The van der Waals surface area contributed by atoms with Crippen LogP contribution in [0.15, 0.2) is 0 Å². The predicted molar refractivity (Wildman–Crippen MR) is 69.7 cm³/mol. The number of nitrogens with zero attached hydrogens (tertiary/aromatic N) is 1. The van der Waals surface area contributed by atoms with Crippen molar-refractivity contribution in [1.82, 2.24) is 10.2 Å². The van der Waals surface area contributed by atoms with Gasteiger partial charge in [-0.25, -0.2) is 0 Å². The fourth-order valence-electron chi connectivity index (χ4n) is 3.40. The van der Waals surface area contributed by atoms with Gasteiger partial charge in [0.05, 0.1) is 0 Å². The Kier molecular flexibility index (Phi) is 4.66. The lowest BCUT2D eigenvalue weighted by molar-refractivity contribution is 0.0690. The average molecular weight is 224 g/mol. The van der Waals surface area contributed by atoms with E-state index in [1.54, 1.807) is 0 Å². The molecule has 2 heteroatoms. The van der Waals surface area contributed by atoms with E-state index < -0.39 is 0 Å². The van der Waals surface area contributed by atoms with Crippen LogP contribution >= 0.6 is 0 Å². The number of rotatable bonds is 2. The van der Waals surface area contributed by atoms with Crippen LogP contribution in [-0.4, -0.2) is 36.6 Å². The number of hydrogen-bond acceptors (Lipinski definition) is 2. The van der Waals surface area contributed by atoms with Gasteiger partial charge in [-0.15, -0.1) is 0 Å². The summed E-state index contributed by atoms with van der Waals surface area (Å²) >= 11 is 0. The summed E-state index contributed by atoms with van der Waals surface area (Å²) < 4.78 is 0. The summed E-state index contributed by atoms with van der Waals surface area (Å²) in [5, 5.41) is 3.56. The molecular weight excluding hydrogens is 196 g/mol. The third-order valence-corrected chi connectivity index (χ3v) is 4.39. The minimum atomic E-state index is 0.775. The molecule has 1 atom stereocenters. The molecule has 0 bridgehead atoms. The standard InChI is InChI=1S/C14H28N2/c1-12(2)14-11-15-9-10-16(14)13-7-5-3-4-6-8-13/h12-15H,3-11H2,1-2H3. The third kappa shape index (κ3) is 2.98. The van der Waals surface area contributed by atoms with Crippen LogP contribution in [0.5, 0.6) is 0 Å². The van der Waals surface area contributed by atoms with Crippen molar-refractivity contribution in [2.45, 2.75) is 64.5 Å². The van der Waals surface area contributed by atoms with Gasteiger partial charge in [-0.2, -0.15) is 0 Å². The molecule has 1 N–H and O–H groups in total. The van der Waals surface area contributed by atoms with Gasteiger partial charge in [0.15, 0.2) is 0 Å². The quantitative estimate of drug-likeness (QED) is 0.725. The Bertz CT molecular complexity index is 195. The Balaban J connectivity index is 1.97. The second-order valence-corrected chi connectivity index (χ2v) is 5.90. The summed E-state index contributed by atoms with van der Waals surface area (Å²) in [7, 11) is 0. The zero-order valence-electron chi connectivity index (χ0n) is 11.0. The van der Waals surface area contributed by atoms with Crippen molar-refractivity contribution in [3.8, 4) is 0 Å². The van der Waals surface area contributed by atoms with Crippen molar-refractivity contribution in [2.24, 2.45) is 5.92 Å². The van der Waals surface area contributed by atoms with Crippen LogP contribution in [0.25, 0.3) is 0 Å². The number of nitrogens with one attached hydrogen (secondary N) is 1. The van der Waals surface area contributed by atoms with E-state index in [2.05, 4.69) is 24.1 Å². The van der Waals surface area contributed by atoms with Gasteiger partial charge in [0.1, 0.15) is 0 Å². The first-order valence-electron chi connectivity index (χ1n) is 7.25. The molecular formula is C14H28N2. The van der Waals surface area contributed by atoms with E-state index in [0.717, 1.165) is 18.0 Å². The molecule has 2 rings (SSSR count). The molecule has 0 aromatic carbocycles. The maximum atomic E-state index is 3.56. The first-order valence-corrected chi connectivity index (χ1v) is 7.25. The third-order valence-electron chi connectivity index (χ3n) is 4.39. The molecule has 1 aliphatic heterocycles. The summed E-state index contributed by atoms with van der Waals surface area (Å²) in [6.45, 7) is 8.42. The van der Waals surface area contributed by atoms with E-state index in [1.165, 1.54) is 58.2 Å². The van der Waals surface area contributed by atoms with Crippen molar-refractivity contribution in [3.05, 3.63) is 0 Å². The van der Waals surface area contributed by atoms with Gasteiger partial charge in [-0.1, -0.05) is 39.5 Å². The number of hydrogen-bond donors (Lipinski definition) is 1. The molecule has 1 heterocycles. The van der Waals surface area contributed by atoms with Gasteiger partial charge in [0.25, 0.3) is 0 Å². The van der Waals surface area contributed by atoms with Gasteiger partial charge < -0.3 is 5.32 Å². The molecule has 0 radical (unpaired) electrons. The summed E-state index contributed by atoms with van der Waals surface area (Å²) in [4.78, 5) is 2.83. The van der Waals surface area contributed by atoms with E-state index in [1.807, 2.05) is 0 Å². The first kappa shape index (κ1) is 12.4. The lowest BCUT2D eigenvalue weighted by atomic mass is 9.96. The number of piperazine rings is 1. The van der Waals surface area contributed by atoms with Gasteiger partial charge >= 0.3 is 0 Å². The fourth-order valence-corrected chi connectivity index (χ4v) is 3.40. The molecule has 94 valence electrons. The zero-order chi connectivity index (χ0) is 11.4. The fraction of sp³-hybridized carbons (Fsp3) is 1.00. The lowest BCUT2D eigenvalue weighted by Gasteiger charge is -2.43. The molecule has 0 aromatic rings. The molecule has 1 unspecified atom stereocenters. The summed E-state index contributed by atoms with van der Waals surface area (Å²) in [5.41, 5.74) is 0. The Morgan fingerprint density at radius 3 is 2.38 bits per heavy atom. The monoisotopic (exact) mass is 224 g/mol. The highest BCUT2D eigenvalue weighted by atomic mass is 15.2. The van der Waals surface area contributed by atoms with Gasteiger partial charge in [0, 0.05) is 31.7 Å². The molecule has 16 heavy (non-hydrogen) atoms. The minimum Gasteiger partial charge on any atom is -0.314 e. The largest absolute Gasteiger partial charge is 0.314 e. The van der Waals surface area contributed by atoms with Crippen LogP contribution in [0.4, 0.5) is 0 Å². The molecule has 0 aromatic heterocycles. The summed E-state index contributed by atoms with van der Waals surface area (Å²) in [5.74, 6) is 0.788. The van der Waals surface area contributed by atoms with E-state index in [0.29, 0.717) is 0 Å². The topological polar surface area (TPSA) is 15.3 Å². The summed E-state index contributed by atoms with van der Waals surface area (Å²) in [6, 6.07) is 1.66. The Morgan fingerprint density at radius 1 is 1.06 bits per heavy atom. The highest BCUT2D eigenvalue weighted by Gasteiger charge is 2.30. The van der Waals surface area contributed by atoms with Crippen LogP contribution in [0.1, 0.15) is 52.4 Å². The van der Waals surface area contributed by atoms with E-state index in [4.69, 9.17) is 0 Å². The molecule has 1 saturated carbocycles. The smallest absolute Gasteiger partial charge is 0.0247 e. The molecule has 1 saturated heterocycles. The predicted octanol–water partition coefficient (Wildman–Crippen LogP) is 2.64. The maximum absolute atomic E-state index is 3.56. The van der Waals surface area contributed by atoms with Crippen molar-refractivity contribution in [1.29, 1.82) is 0 Å². The van der Waals surface area contributed by atoms with Crippen LogP contribution in [0.2, 0.25) is 0 Å². The zero-order valence-corrected chi connectivity index (χ0v) is 11.0. The van der Waals surface area contributed by atoms with E-state index >= 15 is 0 Å². The molecule has 2 aliphatic rings. The minimum absolute atomic E-state index is 0.775. The molecule has 0 spiro atoms. The van der Waals surface area contributed by atoms with E-state index in [-0.39, 0.29) is 0 Å². The van der Waals surface area contributed by atoms with Crippen molar-refractivity contribution in [3.63, 3.8) is 0 Å². The van der Waals surface area contributed by atoms with Crippen LogP contribution in [0, 0.1) is 5.92 Å². The van der Waals surface area contributed by atoms with Crippen molar-refractivity contribution in [2.75, 3.05) is 19.6 Å². The highest BCUT2D eigenvalue weighted by molar-refractivity contribution is 4.87. The van der Waals surface area contributed by atoms with E-state index in [9.17, 15) is 0 Å². The Morgan fingerprint density at radius 2 is 1.75 bits per heavy atom. The lowest BCUT2D eigenvalue weighted by Crippen LogP contribution is -2.57. The van der Waals surface area contributed by atoms with Crippen LogP contribution in [-0.2, 0) is 0 Å². The van der Waals surface area contributed by atoms with Crippen LogP contribution < -0.4 is 5.32 Å². The Hall–Kier alpha value is -0.0800. The van der Waals surface area contributed by atoms with Crippen LogP contribution in [0.3, 0.4) is 0 Å². The maximum Gasteiger partial charge on any atom is 0.0247 e. The molecule has 0 amide bonds. The second kappa shape index (κ2) is 6.02. The van der Waals surface area contributed by atoms with Crippen molar-refractivity contribution >= 4 is 0 Å². The molecule has 2 fully saturated rings. The van der Waals surface area contributed by atoms with Gasteiger partial charge in [-0.05, 0) is 18.8 Å². The normalized spacial score (nSPS) is 30.6.